The molecule has 0 bridgehead atoms. The van der Waals surface area contributed by atoms with E-state index in [-0.39, 0.29) is 11.9 Å². The summed E-state index contributed by atoms with van der Waals surface area (Å²) in [5.41, 5.74) is 2.55. The summed E-state index contributed by atoms with van der Waals surface area (Å²) < 4.78 is 0. The molecule has 29 heavy (non-hydrogen) atoms. The SMILES string of the molecule is CC1CC(c2ccc(C#N)c3ncccc23)CN(C(=O)NCC2CC(C)(P)C2)C1. The van der Waals surface area contributed by atoms with Gasteiger partial charge in [-0.2, -0.15) is 5.26 Å². The highest BCUT2D eigenvalue weighted by Crippen LogP contribution is 2.44. The molecule has 2 amide bonds. The fraction of sp³-hybridized carbons (Fsp3) is 0.522. The predicted octanol–water partition coefficient (Wildman–Crippen LogP) is 4.29. The van der Waals surface area contributed by atoms with Gasteiger partial charge in [-0.25, -0.2) is 4.79 Å². The third-order valence-corrected chi connectivity index (χ3v) is 6.83. The molecule has 1 aliphatic carbocycles. The number of piperidine rings is 1. The number of fused-ring (bicyclic) bond motifs is 1. The molecule has 1 saturated heterocycles. The number of nitriles is 1. The van der Waals surface area contributed by atoms with Crippen molar-refractivity contribution in [2.24, 2.45) is 11.8 Å². The minimum atomic E-state index is 0.0509. The van der Waals surface area contributed by atoms with Crippen molar-refractivity contribution in [2.45, 2.75) is 44.2 Å². The Morgan fingerprint density at radius 2 is 2.17 bits per heavy atom. The van der Waals surface area contributed by atoms with Crippen LogP contribution in [0.2, 0.25) is 0 Å². The first kappa shape index (κ1) is 20.1. The van der Waals surface area contributed by atoms with Crippen LogP contribution in [0.4, 0.5) is 4.79 Å². The number of hydrogen-bond donors (Lipinski definition) is 1. The molecule has 2 aromatic rings. The van der Waals surface area contributed by atoms with Gasteiger partial charge in [0.25, 0.3) is 0 Å². The Morgan fingerprint density at radius 1 is 1.38 bits per heavy atom. The Labute approximate surface area is 175 Å². The molecule has 1 N–H and O–H groups in total. The van der Waals surface area contributed by atoms with Crippen molar-refractivity contribution in [2.75, 3.05) is 19.6 Å². The molecule has 0 spiro atoms. The Kier molecular flexibility index (Phi) is 5.49. The highest BCUT2D eigenvalue weighted by Gasteiger charge is 2.37. The van der Waals surface area contributed by atoms with Gasteiger partial charge in [-0.1, -0.05) is 26.0 Å². The van der Waals surface area contributed by atoms with E-state index in [0.717, 1.165) is 43.3 Å². The molecule has 2 heterocycles. The van der Waals surface area contributed by atoms with Crippen molar-refractivity contribution >= 4 is 26.2 Å². The van der Waals surface area contributed by atoms with E-state index in [0.29, 0.717) is 29.1 Å². The van der Waals surface area contributed by atoms with Crippen LogP contribution in [0.25, 0.3) is 10.9 Å². The van der Waals surface area contributed by atoms with Crippen molar-refractivity contribution in [1.82, 2.24) is 15.2 Å². The van der Waals surface area contributed by atoms with E-state index < -0.39 is 0 Å². The fourth-order valence-electron chi connectivity index (χ4n) is 5.13. The molecule has 152 valence electrons. The zero-order chi connectivity index (χ0) is 20.6. The predicted molar refractivity (Wildman–Crippen MR) is 119 cm³/mol. The highest BCUT2D eigenvalue weighted by molar-refractivity contribution is 7.19. The molecule has 4 rings (SSSR count). The number of rotatable bonds is 3. The van der Waals surface area contributed by atoms with Gasteiger partial charge in [-0.15, -0.1) is 9.24 Å². The van der Waals surface area contributed by atoms with Crippen LogP contribution in [0.5, 0.6) is 0 Å². The molecule has 2 fully saturated rings. The summed E-state index contributed by atoms with van der Waals surface area (Å²) in [6.07, 6.45) is 5.08. The van der Waals surface area contributed by atoms with Gasteiger partial charge >= 0.3 is 6.03 Å². The quantitative estimate of drug-likeness (QED) is 0.771. The molecule has 3 unspecified atom stereocenters. The van der Waals surface area contributed by atoms with Gasteiger partial charge in [0.05, 0.1) is 11.1 Å². The average molecular weight is 408 g/mol. The van der Waals surface area contributed by atoms with E-state index in [1.165, 1.54) is 5.56 Å². The zero-order valence-corrected chi connectivity index (χ0v) is 18.3. The first-order valence-corrected chi connectivity index (χ1v) is 11.0. The maximum Gasteiger partial charge on any atom is 0.317 e. The largest absolute Gasteiger partial charge is 0.338 e. The number of carbonyl (C=O) groups excluding carboxylic acids is 1. The van der Waals surface area contributed by atoms with Crippen LogP contribution in [0.3, 0.4) is 0 Å². The molecule has 1 saturated carbocycles. The molecule has 2 aliphatic rings. The third-order valence-electron chi connectivity index (χ3n) is 6.36. The van der Waals surface area contributed by atoms with E-state index in [4.69, 9.17) is 0 Å². The second-order valence-electron chi connectivity index (χ2n) is 9.27. The average Bonchev–Trinajstić information content (AvgIpc) is 2.69. The number of carbonyl (C=O) groups is 1. The maximum absolute atomic E-state index is 12.8. The minimum Gasteiger partial charge on any atom is -0.338 e. The molecule has 1 aliphatic heterocycles. The minimum absolute atomic E-state index is 0.0509. The number of urea groups is 1. The first-order chi connectivity index (χ1) is 13.9. The number of hydrogen-bond acceptors (Lipinski definition) is 3. The van der Waals surface area contributed by atoms with E-state index in [1.54, 1.807) is 6.20 Å². The Hall–Kier alpha value is -2.18. The lowest BCUT2D eigenvalue weighted by molar-refractivity contribution is 0.154. The van der Waals surface area contributed by atoms with Crippen molar-refractivity contribution in [3.8, 4) is 6.07 Å². The second-order valence-corrected chi connectivity index (χ2v) is 10.7. The molecular formula is C23H29N4OP. The van der Waals surface area contributed by atoms with E-state index in [1.807, 2.05) is 23.1 Å². The summed E-state index contributed by atoms with van der Waals surface area (Å²) in [5, 5.41) is 13.9. The summed E-state index contributed by atoms with van der Waals surface area (Å²) in [6, 6.07) is 10.2. The van der Waals surface area contributed by atoms with E-state index in [9.17, 15) is 10.1 Å². The van der Waals surface area contributed by atoms with Crippen molar-refractivity contribution in [3.05, 3.63) is 41.6 Å². The summed E-state index contributed by atoms with van der Waals surface area (Å²) in [6.45, 7) is 6.73. The summed E-state index contributed by atoms with van der Waals surface area (Å²) in [4.78, 5) is 19.3. The molecule has 3 atom stereocenters. The molecular weight excluding hydrogens is 379 g/mol. The number of nitrogens with one attached hydrogen (secondary N) is 1. The van der Waals surface area contributed by atoms with Crippen LogP contribution in [0.1, 0.15) is 50.2 Å². The lowest BCUT2D eigenvalue weighted by atomic mass is 9.75. The van der Waals surface area contributed by atoms with Crippen LogP contribution in [0.15, 0.2) is 30.5 Å². The second kappa shape index (κ2) is 7.92. The molecule has 1 aromatic carbocycles. The number of amides is 2. The van der Waals surface area contributed by atoms with Gasteiger partial charge in [0.1, 0.15) is 6.07 Å². The standard InChI is InChI=1S/C23H29N4OP/c1-15-8-18(19-6-5-17(11-24)21-20(19)4-3-7-25-21)14-27(13-15)22(28)26-12-16-9-23(2,29)10-16/h3-7,15-16,18H,8-10,12-14,29H2,1-2H3,(H,26,28). The fourth-order valence-corrected chi connectivity index (χ4v) is 5.80. The third kappa shape index (κ3) is 4.23. The van der Waals surface area contributed by atoms with Gasteiger partial charge in [0.2, 0.25) is 0 Å². The number of pyridine rings is 1. The van der Waals surface area contributed by atoms with Gasteiger partial charge in [0.15, 0.2) is 0 Å². The van der Waals surface area contributed by atoms with Gasteiger partial charge < -0.3 is 10.2 Å². The molecule has 0 radical (unpaired) electrons. The lowest BCUT2D eigenvalue weighted by Gasteiger charge is -2.43. The van der Waals surface area contributed by atoms with Crippen molar-refractivity contribution < 1.29 is 4.79 Å². The smallest absolute Gasteiger partial charge is 0.317 e. The first-order valence-electron chi connectivity index (χ1n) is 10.5. The Balaban J connectivity index is 1.49. The summed E-state index contributed by atoms with van der Waals surface area (Å²) in [5.74, 6) is 1.27. The highest BCUT2D eigenvalue weighted by atomic mass is 31.0. The van der Waals surface area contributed by atoms with Gasteiger partial charge in [-0.05, 0) is 54.0 Å². The van der Waals surface area contributed by atoms with Crippen LogP contribution in [0, 0.1) is 23.2 Å². The van der Waals surface area contributed by atoms with Gasteiger partial charge in [0, 0.05) is 37.1 Å². The van der Waals surface area contributed by atoms with Crippen molar-refractivity contribution in [1.29, 1.82) is 5.26 Å². The summed E-state index contributed by atoms with van der Waals surface area (Å²) >= 11 is 0. The van der Waals surface area contributed by atoms with Crippen LogP contribution >= 0.6 is 9.24 Å². The molecule has 6 heteroatoms. The summed E-state index contributed by atoms with van der Waals surface area (Å²) in [7, 11) is 2.92. The zero-order valence-electron chi connectivity index (χ0n) is 17.2. The van der Waals surface area contributed by atoms with Crippen LogP contribution in [-0.2, 0) is 0 Å². The normalized spacial score (nSPS) is 29.2. The monoisotopic (exact) mass is 408 g/mol. The Bertz CT molecular complexity index is 959. The molecule has 5 nitrogen and oxygen atoms in total. The number of nitrogens with zero attached hydrogens (tertiary/aromatic N) is 3. The number of likely N-dealkylation sites (tertiary alicyclic amines) is 1. The topological polar surface area (TPSA) is 69.0 Å². The number of benzene rings is 1. The van der Waals surface area contributed by atoms with Gasteiger partial charge in [-0.3, -0.25) is 4.98 Å². The van der Waals surface area contributed by atoms with E-state index >= 15 is 0 Å². The Morgan fingerprint density at radius 3 is 2.90 bits per heavy atom. The lowest BCUT2D eigenvalue weighted by Crippen LogP contribution is -2.50. The van der Waals surface area contributed by atoms with Crippen LogP contribution < -0.4 is 5.32 Å². The number of aromatic nitrogens is 1. The van der Waals surface area contributed by atoms with E-state index in [2.05, 4.69) is 45.5 Å². The maximum atomic E-state index is 12.8. The van der Waals surface area contributed by atoms with Crippen LogP contribution in [-0.4, -0.2) is 40.7 Å². The van der Waals surface area contributed by atoms with Crippen molar-refractivity contribution in [3.63, 3.8) is 0 Å². The molecule has 1 aromatic heterocycles.